The number of carbonyl (C=O) groups is 1. The van der Waals surface area contributed by atoms with E-state index in [0.29, 0.717) is 19.8 Å². The summed E-state index contributed by atoms with van der Waals surface area (Å²) in [6, 6.07) is 2.19. The van der Waals surface area contributed by atoms with Crippen LogP contribution in [-0.2, 0) is 0 Å². The fourth-order valence-corrected chi connectivity index (χ4v) is 4.47. The van der Waals surface area contributed by atoms with Gasteiger partial charge in [-0.1, -0.05) is 18.9 Å². The molecule has 18 heavy (non-hydrogen) atoms. The number of aryl methyl sites for hydroxylation is 2. The SMILES string of the molecule is Cc1cc(C)c(C)c(C(=O)PC2CCCC2)c1C. The van der Waals surface area contributed by atoms with Crippen molar-refractivity contribution in [2.24, 2.45) is 0 Å². The fourth-order valence-electron chi connectivity index (χ4n) is 2.89. The van der Waals surface area contributed by atoms with Crippen LogP contribution >= 0.6 is 8.58 Å². The molecular weight excluding hydrogens is 239 g/mol. The third kappa shape index (κ3) is 2.67. The van der Waals surface area contributed by atoms with E-state index < -0.39 is 0 Å². The molecule has 0 aromatic heterocycles. The Kier molecular flexibility index (Phi) is 4.22. The van der Waals surface area contributed by atoms with Crippen molar-refractivity contribution in [3.63, 3.8) is 0 Å². The summed E-state index contributed by atoms with van der Waals surface area (Å²) in [6.45, 7) is 8.40. The van der Waals surface area contributed by atoms with Crippen LogP contribution in [0.3, 0.4) is 0 Å². The van der Waals surface area contributed by atoms with E-state index in [2.05, 4.69) is 33.8 Å². The van der Waals surface area contributed by atoms with Crippen molar-refractivity contribution < 1.29 is 4.79 Å². The van der Waals surface area contributed by atoms with Gasteiger partial charge in [0.15, 0.2) is 5.52 Å². The standard InChI is InChI=1S/C16H23OP/c1-10-9-11(2)13(4)15(12(10)3)16(17)18-14-7-5-6-8-14/h9,14,18H,5-8H2,1-4H3. The number of carbonyl (C=O) groups excluding carboxylic acids is 1. The van der Waals surface area contributed by atoms with Gasteiger partial charge in [-0.2, -0.15) is 0 Å². The van der Waals surface area contributed by atoms with Gasteiger partial charge < -0.3 is 0 Å². The second kappa shape index (κ2) is 5.53. The molecule has 0 radical (unpaired) electrons. The Balaban J connectivity index is 2.29. The largest absolute Gasteiger partial charge is 0.289 e. The maximum atomic E-state index is 12.6. The molecular formula is C16H23OP. The van der Waals surface area contributed by atoms with Crippen molar-refractivity contribution in [1.29, 1.82) is 0 Å². The molecule has 1 nitrogen and oxygen atoms in total. The Morgan fingerprint density at radius 3 is 2.06 bits per heavy atom. The lowest BCUT2D eigenvalue weighted by atomic mass is 9.95. The van der Waals surface area contributed by atoms with Crippen LogP contribution in [0.25, 0.3) is 0 Å². The number of hydrogen-bond acceptors (Lipinski definition) is 1. The van der Waals surface area contributed by atoms with Gasteiger partial charge in [-0.25, -0.2) is 0 Å². The molecule has 0 aliphatic heterocycles. The smallest absolute Gasteiger partial charge is 0.181 e. The zero-order valence-corrected chi connectivity index (χ0v) is 12.9. The first-order chi connectivity index (χ1) is 8.50. The van der Waals surface area contributed by atoms with Crippen molar-refractivity contribution in [2.75, 3.05) is 0 Å². The maximum Gasteiger partial charge on any atom is 0.181 e. The molecule has 1 atom stereocenters. The molecule has 1 unspecified atom stereocenters. The van der Waals surface area contributed by atoms with Gasteiger partial charge in [0.2, 0.25) is 0 Å². The molecule has 1 fully saturated rings. The van der Waals surface area contributed by atoms with E-state index >= 15 is 0 Å². The Morgan fingerprint density at radius 1 is 1.06 bits per heavy atom. The second-order valence-electron chi connectivity index (χ2n) is 5.59. The van der Waals surface area contributed by atoms with E-state index in [9.17, 15) is 4.79 Å². The summed E-state index contributed by atoms with van der Waals surface area (Å²) >= 11 is 0. The number of rotatable bonds is 3. The highest BCUT2D eigenvalue weighted by Gasteiger charge is 2.22. The van der Waals surface area contributed by atoms with Gasteiger partial charge in [0.05, 0.1) is 0 Å². The number of hydrogen-bond donors (Lipinski definition) is 0. The lowest BCUT2D eigenvalue weighted by Crippen LogP contribution is -2.06. The van der Waals surface area contributed by atoms with Crippen molar-refractivity contribution in [3.8, 4) is 0 Å². The summed E-state index contributed by atoms with van der Waals surface area (Å²) in [5.74, 6) is 0. The van der Waals surface area contributed by atoms with Gasteiger partial charge in [-0.05, 0) is 77.0 Å². The van der Waals surface area contributed by atoms with Gasteiger partial charge in [0.25, 0.3) is 0 Å². The molecule has 1 aliphatic carbocycles. The summed E-state index contributed by atoms with van der Waals surface area (Å²) < 4.78 is 0. The van der Waals surface area contributed by atoms with E-state index in [-0.39, 0.29) is 0 Å². The van der Waals surface area contributed by atoms with Crippen LogP contribution in [0, 0.1) is 27.7 Å². The van der Waals surface area contributed by atoms with Crippen molar-refractivity contribution >= 4 is 14.1 Å². The first-order valence-electron chi connectivity index (χ1n) is 6.89. The normalized spacial score (nSPS) is 16.9. The minimum atomic E-state index is 0.392. The first-order valence-corrected chi connectivity index (χ1v) is 7.96. The maximum absolute atomic E-state index is 12.6. The van der Waals surface area contributed by atoms with E-state index in [1.165, 1.54) is 47.9 Å². The minimum absolute atomic E-state index is 0.392. The van der Waals surface area contributed by atoms with Crippen LogP contribution in [0.1, 0.15) is 58.3 Å². The average molecular weight is 262 g/mol. The first kappa shape index (κ1) is 13.7. The average Bonchev–Trinajstić information content (AvgIpc) is 2.79. The van der Waals surface area contributed by atoms with Crippen molar-refractivity contribution in [1.82, 2.24) is 0 Å². The molecule has 0 N–H and O–H groups in total. The van der Waals surface area contributed by atoms with Crippen molar-refractivity contribution in [2.45, 2.75) is 59.0 Å². The summed E-state index contributed by atoms with van der Waals surface area (Å²) in [5.41, 5.74) is 6.94. The predicted octanol–water partition coefficient (Wildman–Crippen LogP) is 4.68. The Bertz CT molecular complexity index is 444. The lowest BCUT2D eigenvalue weighted by molar-refractivity contribution is 0.108. The minimum Gasteiger partial charge on any atom is -0.289 e. The van der Waals surface area contributed by atoms with Crippen LogP contribution in [0.4, 0.5) is 0 Å². The van der Waals surface area contributed by atoms with Gasteiger partial charge in [-0.15, -0.1) is 0 Å². The molecule has 0 spiro atoms. The van der Waals surface area contributed by atoms with Crippen LogP contribution < -0.4 is 0 Å². The van der Waals surface area contributed by atoms with E-state index in [1.807, 2.05) is 0 Å². The quantitative estimate of drug-likeness (QED) is 0.723. The molecule has 0 heterocycles. The summed E-state index contributed by atoms with van der Waals surface area (Å²) in [6.07, 6.45) is 5.14. The summed E-state index contributed by atoms with van der Waals surface area (Å²) in [4.78, 5) is 12.6. The van der Waals surface area contributed by atoms with Gasteiger partial charge in [-0.3, -0.25) is 4.79 Å². The Morgan fingerprint density at radius 2 is 1.56 bits per heavy atom. The third-order valence-electron chi connectivity index (χ3n) is 4.28. The Hall–Kier alpha value is -0.680. The molecule has 0 saturated heterocycles. The van der Waals surface area contributed by atoms with Crippen LogP contribution in [0.2, 0.25) is 0 Å². The van der Waals surface area contributed by atoms with Crippen molar-refractivity contribution in [3.05, 3.63) is 33.9 Å². The molecule has 0 bridgehead atoms. The highest BCUT2D eigenvalue weighted by molar-refractivity contribution is 7.59. The van der Waals surface area contributed by atoms with Gasteiger partial charge in [0.1, 0.15) is 0 Å². The van der Waals surface area contributed by atoms with E-state index in [0.717, 1.165) is 5.56 Å². The van der Waals surface area contributed by atoms with E-state index in [1.54, 1.807) is 0 Å². The highest BCUT2D eigenvalue weighted by atomic mass is 31.1. The van der Waals surface area contributed by atoms with Gasteiger partial charge in [0, 0.05) is 5.56 Å². The van der Waals surface area contributed by atoms with Crippen LogP contribution in [-0.4, -0.2) is 11.2 Å². The molecule has 2 rings (SSSR count). The Labute approximate surface area is 112 Å². The molecule has 1 saturated carbocycles. The molecule has 1 aromatic carbocycles. The van der Waals surface area contributed by atoms with Crippen LogP contribution in [0.5, 0.6) is 0 Å². The molecule has 98 valence electrons. The monoisotopic (exact) mass is 262 g/mol. The van der Waals surface area contributed by atoms with Gasteiger partial charge >= 0.3 is 0 Å². The number of benzene rings is 1. The second-order valence-corrected chi connectivity index (χ2v) is 7.15. The molecule has 1 aromatic rings. The zero-order chi connectivity index (χ0) is 13.3. The van der Waals surface area contributed by atoms with E-state index in [4.69, 9.17) is 0 Å². The van der Waals surface area contributed by atoms with Crippen LogP contribution in [0.15, 0.2) is 6.07 Å². The topological polar surface area (TPSA) is 17.1 Å². The summed E-state index contributed by atoms with van der Waals surface area (Å²) in [7, 11) is 0.484. The highest BCUT2D eigenvalue weighted by Crippen LogP contribution is 2.38. The lowest BCUT2D eigenvalue weighted by Gasteiger charge is -2.16. The fraction of sp³-hybridized carbons (Fsp3) is 0.562. The molecule has 2 heteroatoms. The molecule has 0 amide bonds. The molecule has 1 aliphatic rings. The zero-order valence-electron chi connectivity index (χ0n) is 11.9. The predicted molar refractivity (Wildman–Crippen MR) is 80.3 cm³/mol. The summed E-state index contributed by atoms with van der Waals surface area (Å²) in [5, 5.41) is 0. The third-order valence-corrected chi connectivity index (χ3v) is 5.78.